The summed E-state index contributed by atoms with van der Waals surface area (Å²) in [5, 5.41) is 6.44. The molecule has 0 bridgehead atoms. The van der Waals surface area contributed by atoms with Crippen molar-refractivity contribution in [2.45, 2.75) is 19.7 Å². The lowest BCUT2D eigenvalue weighted by Gasteiger charge is -2.30. The fourth-order valence-corrected chi connectivity index (χ4v) is 3.08. The molecule has 0 saturated heterocycles. The lowest BCUT2D eigenvalue weighted by molar-refractivity contribution is 0.0935. The van der Waals surface area contributed by atoms with E-state index in [1.54, 1.807) is 12.4 Å². The van der Waals surface area contributed by atoms with Gasteiger partial charge >= 0.3 is 0 Å². The summed E-state index contributed by atoms with van der Waals surface area (Å²) in [5.74, 6) is 0.649. The third kappa shape index (κ3) is 3.11. The summed E-state index contributed by atoms with van der Waals surface area (Å²) in [7, 11) is 0. The number of nitrogens with one attached hydrogen (secondary N) is 2. The van der Waals surface area contributed by atoms with E-state index in [1.165, 1.54) is 0 Å². The molecule has 2 N–H and O–H groups in total. The molecule has 130 valence electrons. The first-order chi connectivity index (χ1) is 12.7. The van der Waals surface area contributed by atoms with Crippen molar-refractivity contribution < 1.29 is 9.53 Å². The second-order valence-corrected chi connectivity index (χ2v) is 6.23. The highest BCUT2D eigenvalue weighted by molar-refractivity contribution is 6.02. The van der Waals surface area contributed by atoms with Crippen LogP contribution in [0, 0.1) is 6.92 Å². The van der Waals surface area contributed by atoms with Crippen molar-refractivity contribution >= 4 is 11.6 Å². The van der Waals surface area contributed by atoms with Crippen molar-refractivity contribution in [2.75, 3.05) is 5.32 Å². The molecular formula is C21H19N3O2. The van der Waals surface area contributed by atoms with Gasteiger partial charge < -0.3 is 15.4 Å². The lowest BCUT2D eigenvalue weighted by atomic mass is 10.0. The Morgan fingerprint density at radius 2 is 1.81 bits per heavy atom. The average molecular weight is 345 g/mol. The minimum Gasteiger partial charge on any atom is -0.488 e. The summed E-state index contributed by atoms with van der Waals surface area (Å²) in [6.07, 6.45) is 3.14. The van der Waals surface area contributed by atoms with Crippen LogP contribution in [0.2, 0.25) is 0 Å². The van der Waals surface area contributed by atoms with Crippen molar-refractivity contribution in [1.82, 2.24) is 10.3 Å². The molecule has 1 aliphatic heterocycles. The number of carbonyl (C=O) groups is 1. The molecule has 1 aliphatic rings. The summed E-state index contributed by atoms with van der Waals surface area (Å²) in [6.45, 7) is 2.43. The van der Waals surface area contributed by atoms with Crippen molar-refractivity contribution in [1.29, 1.82) is 0 Å². The molecule has 0 saturated carbocycles. The third-order valence-electron chi connectivity index (χ3n) is 4.46. The number of ether oxygens (including phenoxy) is 1. The average Bonchev–Trinajstić information content (AvgIpc) is 2.68. The number of aryl methyl sites for hydroxylation is 1. The summed E-state index contributed by atoms with van der Waals surface area (Å²) >= 11 is 0. The van der Waals surface area contributed by atoms with Crippen molar-refractivity contribution in [2.24, 2.45) is 0 Å². The van der Waals surface area contributed by atoms with Gasteiger partial charge in [0.25, 0.3) is 5.91 Å². The number of fused-ring (bicyclic) bond motifs is 1. The molecule has 0 radical (unpaired) electrons. The maximum Gasteiger partial charge on any atom is 0.255 e. The zero-order chi connectivity index (χ0) is 17.9. The van der Waals surface area contributed by atoms with E-state index in [9.17, 15) is 4.79 Å². The largest absolute Gasteiger partial charge is 0.488 e. The van der Waals surface area contributed by atoms with E-state index in [2.05, 4.69) is 15.6 Å². The van der Waals surface area contributed by atoms with E-state index in [4.69, 9.17) is 4.74 Å². The van der Waals surface area contributed by atoms with Gasteiger partial charge in [0.15, 0.2) is 0 Å². The smallest absolute Gasteiger partial charge is 0.255 e. The minimum atomic E-state index is -0.343. The summed E-state index contributed by atoms with van der Waals surface area (Å²) in [6, 6.07) is 17.3. The SMILES string of the molecule is Cc1cccc2c1N[C@@H](c1ccccc1OCc1ccncc1)NC2=O. The van der Waals surface area contributed by atoms with Crippen LogP contribution in [-0.4, -0.2) is 10.9 Å². The Labute approximate surface area is 152 Å². The Kier molecular flexibility index (Phi) is 4.27. The Hall–Kier alpha value is -3.34. The maximum absolute atomic E-state index is 12.5. The van der Waals surface area contributed by atoms with Crippen LogP contribution < -0.4 is 15.4 Å². The molecular weight excluding hydrogens is 326 g/mol. The van der Waals surface area contributed by atoms with Crippen molar-refractivity contribution in [3.63, 3.8) is 0 Å². The number of rotatable bonds is 4. The number of para-hydroxylation sites is 2. The van der Waals surface area contributed by atoms with E-state index in [0.29, 0.717) is 12.2 Å². The van der Waals surface area contributed by atoms with Gasteiger partial charge in [-0.25, -0.2) is 0 Å². The number of pyridine rings is 1. The molecule has 2 heterocycles. The van der Waals surface area contributed by atoms with E-state index in [1.807, 2.05) is 61.5 Å². The summed E-state index contributed by atoms with van der Waals surface area (Å²) < 4.78 is 6.01. The highest BCUT2D eigenvalue weighted by Gasteiger charge is 2.27. The Morgan fingerprint density at radius 1 is 1.00 bits per heavy atom. The number of amides is 1. The minimum absolute atomic E-state index is 0.0867. The molecule has 0 aliphatic carbocycles. The molecule has 0 fully saturated rings. The maximum atomic E-state index is 12.5. The zero-order valence-corrected chi connectivity index (χ0v) is 14.4. The van der Waals surface area contributed by atoms with Crippen LogP contribution in [0.3, 0.4) is 0 Å². The van der Waals surface area contributed by atoms with Crippen molar-refractivity contribution in [3.8, 4) is 5.75 Å². The van der Waals surface area contributed by atoms with E-state index in [-0.39, 0.29) is 12.1 Å². The number of carbonyl (C=O) groups excluding carboxylic acids is 1. The number of nitrogens with zero attached hydrogens (tertiary/aromatic N) is 1. The molecule has 3 aromatic rings. The first-order valence-corrected chi connectivity index (χ1v) is 8.50. The van der Waals surface area contributed by atoms with Crippen LogP contribution in [0.1, 0.15) is 33.2 Å². The van der Waals surface area contributed by atoms with Crippen LogP contribution in [0.4, 0.5) is 5.69 Å². The standard InChI is InChI=1S/C21H19N3O2/c1-14-5-4-7-17-19(14)23-20(24-21(17)25)16-6-2-3-8-18(16)26-13-15-9-11-22-12-10-15/h2-12,20,23H,13H2,1H3,(H,24,25)/t20-/m1/s1. The van der Waals surface area contributed by atoms with E-state index in [0.717, 1.165) is 28.1 Å². The number of aromatic nitrogens is 1. The van der Waals surface area contributed by atoms with Gasteiger partial charge in [0.1, 0.15) is 18.5 Å². The molecule has 0 unspecified atom stereocenters. The Balaban J connectivity index is 1.61. The summed E-state index contributed by atoms with van der Waals surface area (Å²) in [5.41, 5.74) is 4.50. The van der Waals surface area contributed by atoms with Crippen LogP contribution >= 0.6 is 0 Å². The van der Waals surface area contributed by atoms with Gasteiger partial charge in [-0.05, 0) is 42.3 Å². The van der Waals surface area contributed by atoms with Crippen LogP contribution in [0.15, 0.2) is 67.0 Å². The molecule has 4 rings (SSSR count). The van der Waals surface area contributed by atoms with Crippen LogP contribution in [0.25, 0.3) is 0 Å². The first kappa shape index (κ1) is 16.1. The second kappa shape index (κ2) is 6.88. The quantitative estimate of drug-likeness (QED) is 0.754. The topological polar surface area (TPSA) is 63.2 Å². The van der Waals surface area contributed by atoms with Gasteiger partial charge in [-0.15, -0.1) is 0 Å². The van der Waals surface area contributed by atoms with Gasteiger partial charge in [-0.1, -0.05) is 30.3 Å². The second-order valence-electron chi connectivity index (χ2n) is 6.23. The van der Waals surface area contributed by atoms with Crippen LogP contribution in [0.5, 0.6) is 5.75 Å². The molecule has 5 nitrogen and oxygen atoms in total. The molecule has 0 spiro atoms. The molecule has 1 aromatic heterocycles. The van der Waals surface area contributed by atoms with Crippen molar-refractivity contribution in [3.05, 3.63) is 89.2 Å². The fourth-order valence-electron chi connectivity index (χ4n) is 3.08. The van der Waals surface area contributed by atoms with Crippen LogP contribution in [-0.2, 0) is 6.61 Å². The van der Waals surface area contributed by atoms with Gasteiger partial charge in [0.05, 0.1) is 11.3 Å². The molecule has 5 heteroatoms. The first-order valence-electron chi connectivity index (χ1n) is 8.50. The Morgan fingerprint density at radius 3 is 2.65 bits per heavy atom. The molecule has 26 heavy (non-hydrogen) atoms. The Bertz CT molecular complexity index is 941. The lowest BCUT2D eigenvalue weighted by Crippen LogP contribution is -2.39. The van der Waals surface area contributed by atoms with Gasteiger partial charge in [-0.2, -0.15) is 0 Å². The monoisotopic (exact) mass is 345 g/mol. The molecule has 2 aromatic carbocycles. The van der Waals surface area contributed by atoms with Gasteiger partial charge in [-0.3, -0.25) is 9.78 Å². The molecule has 1 amide bonds. The van der Waals surface area contributed by atoms with E-state index >= 15 is 0 Å². The third-order valence-corrected chi connectivity index (χ3v) is 4.46. The highest BCUT2D eigenvalue weighted by atomic mass is 16.5. The van der Waals surface area contributed by atoms with E-state index < -0.39 is 0 Å². The number of anilines is 1. The summed E-state index contributed by atoms with van der Waals surface area (Å²) in [4.78, 5) is 16.5. The van der Waals surface area contributed by atoms with Gasteiger partial charge in [0.2, 0.25) is 0 Å². The predicted octanol–water partition coefficient (Wildman–Crippen LogP) is 3.82. The number of hydrogen-bond donors (Lipinski definition) is 2. The number of hydrogen-bond acceptors (Lipinski definition) is 4. The fraction of sp³-hybridized carbons (Fsp3) is 0.143. The predicted molar refractivity (Wildman–Crippen MR) is 100 cm³/mol. The zero-order valence-electron chi connectivity index (χ0n) is 14.4. The van der Waals surface area contributed by atoms with Gasteiger partial charge in [0, 0.05) is 18.0 Å². The number of benzene rings is 2. The molecule has 1 atom stereocenters. The highest BCUT2D eigenvalue weighted by Crippen LogP contribution is 2.33. The normalized spacial score (nSPS) is 15.6.